The average Bonchev–Trinajstić information content (AvgIpc) is 4.05. The Balaban J connectivity index is 0.928. The zero-order valence-corrected chi connectivity index (χ0v) is 41.2. The predicted molar refractivity (Wildman–Crippen MR) is 303 cm³/mol. The number of hydrogen-bond acceptors (Lipinski definition) is 0. The van der Waals surface area contributed by atoms with Gasteiger partial charge in [-0.3, -0.25) is 0 Å². The minimum atomic E-state index is -0.0484. The Bertz CT molecular complexity index is 4210. The van der Waals surface area contributed by atoms with Crippen molar-refractivity contribution in [3.63, 3.8) is 0 Å². The molecule has 1 aliphatic rings. The Morgan fingerprint density at radius 1 is 0.296 bits per heavy atom. The fraction of sp³-hybridized carbons (Fsp3) is 0.0435. The quantitative estimate of drug-likeness (QED) is 0.140. The van der Waals surface area contributed by atoms with Crippen molar-refractivity contribution in [3.05, 3.63) is 260 Å². The molecule has 2 aromatic heterocycles. The first kappa shape index (κ1) is 41.7. The van der Waals surface area contributed by atoms with E-state index in [4.69, 9.17) is 0 Å². The molecule has 11 aromatic carbocycles. The van der Waals surface area contributed by atoms with Crippen LogP contribution in [-0.4, -0.2) is 19.1 Å². The SMILES string of the molecule is CC1(C)c2ccccc2-c2ccc(-c3ccc(-c4cc(-c5ccc6[se]c7c(-c8ccccc8)cccc7c6c5)cc(-c5ccc6c(c5)c5cc(-c7ccccc7)ccc5n6-c5ccccc5)c4)cc3)cc21. The molecular formula is C69H47NSe. The fourth-order valence-electron chi connectivity index (χ4n) is 11.6. The zero-order chi connectivity index (χ0) is 47.2. The van der Waals surface area contributed by atoms with E-state index in [1.807, 2.05) is 0 Å². The van der Waals surface area contributed by atoms with Crippen molar-refractivity contribution in [1.82, 2.24) is 4.57 Å². The zero-order valence-electron chi connectivity index (χ0n) is 39.5. The molecule has 0 saturated heterocycles. The van der Waals surface area contributed by atoms with E-state index in [9.17, 15) is 0 Å². The summed E-state index contributed by atoms with van der Waals surface area (Å²) in [5.74, 6) is 0. The first-order valence-electron chi connectivity index (χ1n) is 24.6. The van der Waals surface area contributed by atoms with Crippen LogP contribution < -0.4 is 0 Å². The van der Waals surface area contributed by atoms with Crippen LogP contribution in [0, 0.1) is 0 Å². The van der Waals surface area contributed by atoms with Crippen LogP contribution in [0.4, 0.5) is 0 Å². The number of benzene rings is 11. The third-order valence-electron chi connectivity index (χ3n) is 15.2. The summed E-state index contributed by atoms with van der Waals surface area (Å²) < 4.78 is 5.34. The van der Waals surface area contributed by atoms with Crippen LogP contribution in [0.2, 0.25) is 0 Å². The third kappa shape index (κ3) is 6.90. The number of fused-ring (bicyclic) bond motifs is 9. The monoisotopic (exact) mass is 969 g/mol. The maximum Gasteiger partial charge on any atom is -0.0295 e. The Morgan fingerprint density at radius 2 is 0.761 bits per heavy atom. The molecule has 1 nitrogen and oxygen atoms in total. The van der Waals surface area contributed by atoms with Crippen molar-refractivity contribution >= 4 is 55.6 Å². The van der Waals surface area contributed by atoms with Gasteiger partial charge < -0.3 is 0 Å². The van der Waals surface area contributed by atoms with Crippen LogP contribution in [0.5, 0.6) is 0 Å². The van der Waals surface area contributed by atoms with Gasteiger partial charge in [-0.1, -0.05) is 105 Å². The third-order valence-corrected chi connectivity index (χ3v) is 17.8. The molecule has 1 aliphatic carbocycles. The largest absolute Gasteiger partial charge is 0.0497 e. The molecule has 2 heteroatoms. The number of hydrogen-bond donors (Lipinski definition) is 0. The van der Waals surface area contributed by atoms with Crippen LogP contribution in [0.15, 0.2) is 249 Å². The first-order valence-corrected chi connectivity index (χ1v) is 26.4. The maximum atomic E-state index is 2.46. The second-order valence-electron chi connectivity index (χ2n) is 19.7. The summed E-state index contributed by atoms with van der Waals surface area (Å²) in [5.41, 5.74) is 23.8. The summed E-state index contributed by atoms with van der Waals surface area (Å²) in [6.07, 6.45) is 0. The Kier molecular flexibility index (Phi) is 9.65. The van der Waals surface area contributed by atoms with Gasteiger partial charge in [0, 0.05) is 11.1 Å². The van der Waals surface area contributed by atoms with Crippen molar-refractivity contribution in [2.24, 2.45) is 0 Å². The molecule has 0 bridgehead atoms. The van der Waals surface area contributed by atoms with Gasteiger partial charge in [-0.2, -0.15) is 0 Å². The van der Waals surface area contributed by atoms with Crippen LogP contribution in [0.3, 0.4) is 0 Å². The van der Waals surface area contributed by atoms with Gasteiger partial charge in [-0.25, -0.2) is 0 Å². The van der Waals surface area contributed by atoms with E-state index in [2.05, 4.69) is 267 Å². The van der Waals surface area contributed by atoms with Crippen LogP contribution in [0.25, 0.3) is 125 Å². The summed E-state index contributed by atoms with van der Waals surface area (Å²) in [5, 5.41) is 5.20. The molecular weight excluding hydrogens is 922 g/mol. The van der Waals surface area contributed by atoms with Crippen molar-refractivity contribution in [1.29, 1.82) is 0 Å². The molecule has 0 radical (unpaired) electrons. The molecule has 71 heavy (non-hydrogen) atoms. The normalized spacial score (nSPS) is 12.8. The van der Waals surface area contributed by atoms with E-state index in [1.54, 1.807) is 0 Å². The number of aromatic nitrogens is 1. The van der Waals surface area contributed by atoms with Gasteiger partial charge in [0.2, 0.25) is 0 Å². The number of nitrogens with zero attached hydrogens (tertiary/aromatic N) is 1. The number of rotatable bonds is 7. The minimum Gasteiger partial charge on any atom is -0.0497 e. The Labute approximate surface area is 420 Å². The van der Waals surface area contributed by atoms with E-state index in [0.717, 1.165) is 5.69 Å². The molecule has 0 N–H and O–H groups in total. The first-order chi connectivity index (χ1) is 34.9. The van der Waals surface area contributed by atoms with Gasteiger partial charge in [0.1, 0.15) is 0 Å². The molecule has 13 aromatic rings. The van der Waals surface area contributed by atoms with Gasteiger partial charge in [-0.15, -0.1) is 0 Å². The molecule has 2 heterocycles. The topological polar surface area (TPSA) is 4.93 Å². The fourth-order valence-corrected chi connectivity index (χ4v) is 14.1. The second-order valence-corrected chi connectivity index (χ2v) is 21.9. The summed E-state index contributed by atoms with van der Waals surface area (Å²) in [7, 11) is 0. The Hall–Kier alpha value is -8.26. The molecule has 0 atom stereocenters. The van der Waals surface area contributed by atoms with Gasteiger partial charge in [0.05, 0.1) is 0 Å². The van der Waals surface area contributed by atoms with E-state index < -0.39 is 0 Å². The van der Waals surface area contributed by atoms with Crippen LogP contribution in [-0.2, 0) is 5.41 Å². The summed E-state index contributed by atoms with van der Waals surface area (Å²) in [6.45, 7) is 4.72. The standard InChI is InChI=1S/C69H47NSe/c1-69(2)63-24-13-12-21-57(63)58-33-29-51(43-64(58)69)45-25-27-46(28-26-45)52-37-53(39-54(38-52)50-32-36-67-62(42-50)59-23-14-22-56(68(59)71-67)47-17-8-4-9-18-47)49-31-35-66-61(41-49)60-40-48(44-15-6-3-7-16-44)30-34-65(60)70(66)55-19-10-5-11-20-55/h3-43H,1-2H3. The molecule has 0 spiro atoms. The van der Waals surface area contributed by atoms with Crippen molar-refractivity contribution in [2.75, 3.05) is 0 Å². The molecule has 0 saturated carbocycles. The summed E-state index contributed by atoms with van der Waals surface area (Å²) >= 11 is 0.220. The van der Waals surface area contributed by atoms with E-state index in [0.29, 0.717) is 0 Å². The Morgan fingerprint density at radius 3 is 1.44 bits per heavy atom. The van der Waals surface area contributed by atoms with Gasteiger partial charge in [-0.05, 0) is 57.6 Å². The minimum absolute atomic E-state index is 0.0484. The molecule has 14 rings (SSSR count). The second kappa shape index (κ2) is 16.4. The summed E-state index contributed by atoms with van der Waals surface area (Å²) in [6, 6.07) is 92.9. The van der Waals surface area contributed by atoms with Crippen molar-refractivity contribution < 1.29 is 0 Å². The molecule has 0 fully saturated rings. The maximum absolute atomic E-state index is 2.46. The van der Waals surface area contributed by atoms with Crippen LogP contribution in [0.1, 0.15) is 25.0 Å². The summed E-state index contributed by atoms with van der Waals surface area (Å²) in [4.78, 5) is 0. The van der Waals surface area contributed by atoms with Crippen LogP contribution >= 0.6 is 0 Å². The van der Waals surface area contributed by atoms with E-state index in [1.165, 1.54) is 130 Å². The van der Waals surface area contributed by atoms with Crippen molar-refractivity contribution in [3.8, 4) is 83.6 Å². The predicted octanol–water partition coefficient (Wildman–Crippen LogP) is 18.5. The molecule has 334 valence electrons. The molecule has 0 amide bonds. The molecule has 0 unspecified atom stereocenters. The number of para-hydroxylation sites is 1. The van der Waals surface area contributed by atoms with Gasteiger partial charge in [0.25, 0.3) is 0 Å². The molecule has 0 aliphatic heterocycles. The van der Waals surface area contributed by atoms with E-state index >= 15 is 0 Å². The van der Waals surface area contributed by atoms with Gasteiger partial charge >= 0.3 is 249 Å². The van der Waals surface area contributed by atoms with Crippen molar-refractivity contribution in [2.45, 2.75) is 19.3 Å². The smallest absolute Gasteiger partial charge is 0.0295 e. The average molecular weight is 969 g/mol. The van der Waals surface area contributed by atoms with E-state index in [-0.39, 0.29) is 19.9 Å². The van der Waals surface area contributed by atoms with Gasteiger partial charge in [0.15, 0.2) is 0 Å².